The summed E-state index contributed by atoms with van der Waals surface area (Å²) in [6.45, 7) is 4.98. The molecule has 1 amide bonds. The highest BCUT2D eigenvalue weighted by atomic mass is 79.9. The fraction of sp³-hybridized carbons (Fsp3) is 0.364. The molecule has 0 atom stereocenters. The third-order valence-electron chi connectivity index (χ3n) is 5.22. The number of fused-ring (bicyclic) bond motifs is 1. The second-order valence-corrected chi connectivity index (χ2v) is 8.78. The van der Waals surface area contributed by atoms with Gasteiger partial charge in [-0.1, -0.05) is 11.6 Å². The first-order valence-corrected chi connectivity index (χ1v) is 11.1. The number of carbonyl (C=O) groups is 1. The Hall–Kier alpha value is -2.45. The second kappa shape index (κ2) is 9.36. The Kier molecular flexibility index (Phi) is 7.01. The molecule has 0 fully saturated rings. The highest BCUT2D eigenvalue weighted by Crippen LogP contribution is 2.37. The van der Waals surface area contributed by atoms with Crippen LogP contribution in [0.2, 0.25) is 5.02 Å². The number of amides is 1. The van der Waals surface area contributed by atoms with Gasteiger partial charge in [0.1, 0.15) is 11.3 Å². The molecule has 0 aliphatic rings. The number of methoxy groups -OCH3 is 1. The first kappa shape index (κ1) is 23.2. The van der Waals surface area contributed by atoms with E-state index in [-0.39, 0.29) is 12.5 Å². The van der Waals surface area contributed by atoms with Crippen LogP contribution in [0.25, 0.3) is 11.0 Å². The highest BCUT2D eigenvalue weighted by molar-refractivity contribution is 9.10. The average Bonchev–Trinajstić information content (AvgIpc) is 3.05. The van der Waals surface area contributed by atoms with Crippen LogP contribution in [0, 0.1) is 6.92 Å². The van der Waals surface area contributed by atoms with Crippen LogP contribution < -0.4 is 15.0 Å². The number of aromatic nitrogens is 2. The molecule has 3 rings (SSSR count). The van der Waals surface area contributed by atoms with Crippen LogP contribution in [0.15, 0.2) is 28.7 Å². The summed E-state index contributed by atoms with van der Waals surface area (Å²) in [4.78, 5) is 20.9. The van der Waals surface area contributed by atoms with Gasteiger partial charge in [0, 0.05) is 43.2 Å². The van der Waals surface area contributed by atoms with Gasteiger partial charge in [-0.3, -0.25) is 4.79 Å². The number of anilines is 3. The molecule has 0 aliphatic carbocycles. The van der Waals surface area contributed by atoms with Gasteiger partial charge in [-0.15, -0.1) is 0 Å². The van der Waals surface area contributed by atoms with E-state index in [0.29, 0.717) is 23.3 Å². The van der Waals surface area contributed by atoms with Crippen molar-refractivity contribution in [1.29, 1.82) is 0 Å². The molecule has 9 heteroatoms. The summed E-state index contributed by atoms with van der Waals surface area (Å²) in [6, 6.07) is 7.62. The van der Waals surface area contributed by atoms with Crippen LogP contribution in [0.3, 0.4) is 0 Å². The zero-order valence-corrected chi connectivity index (χ0v) is 20.9. The van der Waals surface area contributed by atoms with Gasteiger partial charge in [0.15, 0.2) is 0 Å². The van der Waals surface area contributed by atoms with Crippen molar-refractivity contribution in [2.45, 2.75) is 13.8 Å². The van der Waals surface area contributed by atoms with Gasteiger partial charge in [0.25, 0.3) is 0 Å². The zero-order valence-electron chi connectivity index (χ0n) is 18.6. The van der Waals surface area contributed by atoms with Crippen molar-refractivity contribution in [1.82, 2.24) is 14.5 Å². The molecule has 1 aromatic heterocycles. The van der Waals surface area contributed by atoms with Gasteiger partial charge in [0.2, 0.25) is 11.9 Å². The van der Waals surface area contributed by atoms with Crippen LogP contribution in [0.1, 0.15) is 12.5 Å². The van der Waals surface area contributed by atoms with Crippen LogP contribution in [-0.4, -0.2) is 54.7 Å². The summed E-state index contributed by atoms with van der Waals surface area (Å²) in [7, 11) is 7.09. The number of hydrogen-bond acceptors (Lipinski definition) is 5. The number of imidazole rings is 1. The Labute approximate surface area is 196 Å². The first-order valence-electron chi connectivity index (χ1n) is 9.89. The Morgan fingerprint density at radius 1 is 1.32 bits per heavy atom. The predicted octanol–water partition coefficient (Wildman–Crippen LogP) is 4.96. The smallest absolute Gasteiger partial charge is 0.241 e. The molecule has 7 nitrogen and oxygen atoms in total. The Bertz CT molecular complexity index is 1130. The Morgan fingerprint density at radius 3 is 2.65 bits per heavy atom. The van der Waals surface area contributed by atoms with Gasteiger partial charge in [0.05, 0.1) is 30.5 Å². The van der Waals surface area contributed by atoms with E-state index >= 15 is 0 Å². The molecule has 1 N–H and O–H groups in total. The number of halogens is 2. The fourth-order valence-corrected chi connectivity index (χ4v) is 4.12. The largest absolute Gasteiger partial charge is 0.495 e. The van der Waals surface area contributed by atoms with Crippen molar-refractivity contribution in [2.24, 2.45) is 7.05 Å². The maximum Gasteiger partial charge on any atom is 0.241 e. The maximum absolute atomic E-state index is 12.4. The molecular weight excluding hydrogens is 482 g/mol. The fourth-order valence-electron chi connectivity index (χ4n) is 3.45. The van der Waals surface area contributed by atoms with Gasteiger partial charge in [-0.2, -0.15) is 0 Å². The number of benzene rings is 2. The van der Waals surface area contributed by atoms with Gasteiger partial charge < -0.3 is 24.4 Å². The van der Waals surface area contributed by atoms with Gasteiger partial charge in [-0.05, 0) is 53.5 Å². The van der Waals surface area contributed by atoms with Gasteiger partial charge in [-0.25, -0.2) is 4.98 Å². The second-order valence-electron chi connectivity index (χ2n) is 7.49. The summed E-state index contributed by atoms with van der Waals surface area (Å²) in [6.07, 6.45) is 0. The number of aryl methyl sites for hydroxylation is 2. The number of likely N-dealkylation sites (N-methyl/N-ethyl adjacent to an activating group) is 2. The summed E-state index contributed by atoms with van der Waals surface area (Å²) in [5.41, 5.74) is 4.43. The molecular formula is C22H27BrClN5O2. The Balaban J connectivity index is 2.11. The molecule has 0 radical (unpaired) electrons. The summed E-state index contributed by atoms with van der Waals surface area (Å²) < 4.78 is 8.39. The quantitative estimate of drug-likeness (QED) is 0.488. The third kappa shape index (κ3) is 4.60. The van der Waals surface area contributed by atoms with Crippen molar-refractivity contribution in [3.63, 3.8) is 0 Å². The number of rotatable bonds is 7. The zero-order chi connectivity index (χ0) is 22.9. The molecule has 0 aliphatic heterocycles. The normalized spacial score (nSPS) is 11.0. The highest BCUT2D eigenvalue weighted by Gasteiger charge is 2.21. The molecule has 0 saturated heterocycles. The van der Waals surface area contributed by atoms with E-state index < -0.39 is 0 Å². The van der Waals surface area contributed by atoms with E-state index in [1.807, 2.05) is 43.7 Å². The summed E-state index contributed by atoms with van der Waals surface area (Å²) >= 11 is 9.81. The molecule has 0 unspecified atom stereocenters. The standard InChI is InChI=1S/C22H27BrClN5O2/c1-7-29(12-18(30)27(3)4)16-9-8-15(23)20-21(16)28(5)22(26-20)25-19-13(2)10-14(24)11-17(19)31-6/h8-11H,7,12H2,1-6H3,(H,25,26). The Morgan fingerprint density at radius 2 is 2.03 bits per heavy atom. The van der Waals surface area contributed by atoms with Crippen molar-refractivity contribution < 1.29 is 9.53 Å². The SMILES string of the molecule is CCN(CC(=O)N(C)C)c1ccc(Br)c2nc(Nc3c(C)cc(Cl)cc3OC)n(C)c12. The summed E-state index contributed by atoms with van der Waals surface area (Å²) in [5, 5.41) is 4.01. The molecule has 166 valence electrons. The molecule has 3 aromatic rings. The first-order chi connectivity index (χ1) is 14.7. The van der Waals surface area contributed by atoms with E-state index in [9.17, 15) is 4.79 Å². The van der Waals surface area contributed by atoms with Crippen LogP contribution in [-0.2, 0) is 11.8 Å². The molecule has 2 aromatic carbocycles. The number of hydrogen-bond donors (Lipinski definition) is 1. The number of nitrogens with one attached hydrogen (secondary N) is 1. The van der Waals surface area contributed by atoms with Crippen LogP contribution in [0.5, 0.6) is 5.75 Å². The van der Waals surface area contributed by atoms with E-state index in [4.69, 9.17) is 21.3 Å². The van der Waals surface area contributed by atoms with E-state index in [1.165, 1.54) is 0 Å². The van der Waals surface area contributed by atoms with Crippen molar-refractivity contribution >= 4 is 61.8 Å². The predicted molar refractivity (Wildman–Crippen MR) is 131 cm³/mol. The minimum Gasteiger partial charge on any atom is -0.495 e. The minimum atomic E-state index is 0.0416. The lowest BCUT2D eigenvalue weighted by Gasteiger charge is -2.25. The molecule has 0 bridgehead atoms. The van der Waals surface area contributed by atoms with Crippen molar-refractivity contribution in [2.75, 3.05) is 44.5 Å². The molecule has 0 saturated carbocycles. The molecule has 31 heavy (non-hydrogen) atoms. The lowest BCUT2D eigenvalue weighted by molar-refractivity contribution is -0.127. The number of ether oxygens (including phenoxy) is 1. The van der Waals surface area contributed by atoms with E-state index in [1.54, 1.807) is 32.2 Å². The monoisotopic (exact) mass is 507 g/mol. The lowest BCUT2D eigenvalue weighted by Crippen LogP contribution is -2.36. The topological polar surface area (TPSA) is 62.6 Å². The number of carbonyl (C=O) groups excluding carboxylic acids is 1. The van der Waals surface area contributed by atoms with E-state index in [0.717, 1.165) is 32.4 Å². The summed E-state index contributed by atoms with van der Waals surface area (Å²) in [5.74, 6) is 1.34. The van der Waals surface area contributed by atoms with Crippen molar-refractivity contribution in [3.8, 4) is 5.75 Å². The van der Waals surface area contributed by atoms with Crippen LogP contribution in [0.4, 0.5) is 17.3 Å². The van der Waals surface area contributed by atoms with Crippen molar-refractivity contribution in [3.05, 3.63) is 39.3 Å². The minimum absolute atomic E-state index is 0.0416. The van der Waals surface area contributed by atoms with Crippen LogP contribution >= 0.6 is 27.5 Å². The lowest BCUT2D eigenvalue weighted by atomic mass is 10.2. The van der Waals surface area contributed by atoms with Gasteiger partial charge >= 0.3 is 0 Å². The third-order valence-corrected chi connectivity index (χ3v) is 6.08. The average molecular weight is 509 g/mol. The molecule has 1 heterocycles. The number of nitrogens with zero attached hydrogens (tertiary/aromatic N) is 4. The molecule has 0 spiro atoms. The maximum atomic E-state index is 12.4. The van der Waals surface area contributed by atoms with E-state index in [2.05, 4.69) is 26.1 Å².